The second kappa shape index (κ2) is 4.91. The molecule has 1 heterocycles. The van der Waals surface area contributed by atoms with Crippen LogP contribution in [-0.2, 0) is 11.2 Å². The highest BCUT2D eigenvalue weighted by Crippen LogP contribution is 2.21. The third-order valence-corrected chi connectivity index (χ3v) is 2.63. The molecule has 2 aromatic rings. The molecular formula is C14H19N3O2. The molecule has 0 saturated heterocycles. The van der Waals surface area contributed by atoms with Gasteiger partial charge in [0.15, 0.2) is 0 Å². The van der Waals surface area contributed by atoms with Crippen molar-refractivity contribution >= 4 is 22.7 Å². The molecule has 2 rings (SSSR count). The number of nitrogens with one attached hydrogen (secondary N) is 2. The lowest BCUT2D eigenvalue weighted by molar-refractivity contribution is 0.0636. The van der Waals surface area contributed by atoms with Gasteiger partial charge in [0.1, 0.15) is 5.60 Å². The van der Waals surface area contributed by atoms with E-state index in [2.05, 4.69) is 22.4 Å². The van der Waals surface area contributed by atoms with Crippen LogP contribution in [0.2, 0.25) is 0 Å². The lowest BCUT2D eigenvalue weighted by Gasteiger charge is -2.19. The zero-order valence-electron chi connectivity index (χ0n) is 11.7. The molecule has 0 saturated carbocycles. The number of hydrogen-bond acceptors (Lipinski definition) is 3. The van der Waals surface area contributed by atoms with E-state index in [4.69, 9.17) is 4.74 Å². The Balaban J connectivity index is 2.19. The normalized spacial score (nSPS) is 11.6. The number of rotatable bonds is 2. The Morgan fingerprint density at radius 3 is 2.79 bits per heavy atom. The highest BCUT2D eigenvalue weighted by atomic mass is 16.6. The van der Waals surface area contributed by atoms with Crippen LogP contribution in [0.15, 0.2) is 18.2 Å². The van der Waals surface area contributed by atoms with Crippen molar-refractivity contribution in [3.63, 3.8) is 0 Å². The van der Waals surface area contributed by atoms with E-state index in [1.54, 1.807) is 0 Å². The molecule has 19 heavy (non-hydrogen) atoms. The van der Waals surface area contributed by atoms with Crippen molar-refractivity contribution in [1.29, 1.82) is 0 Å². The lowest BCUT2D eigenvalue weighted by Crippen LogP contribution is -2.27. The summed E-state index contributed by atoms with van der Waals surface area (Å²) >= 11 is 0. The van der Waals surface area contributed by atoms with Crippen molar-refractivity contribution < 1.29 is 9.53 Å². The van der Waals surface area contributed by atoms with Crippen LogP contribution in [-0.4, -0.2) is 21.9 Å². The SMILES string of the molecule is CCc1[nH]nc2ccc(NC(=O)OC(C)(C)C)cc12. The summed E-state index contributed by atoms with van der Waals surface area (Å²) in [7, 11) is 0. The minimum absolute atomic E-state index is 0.451. The zero-order chi connectivity index (χ0) is 14.0. The van der Waals surface area contributed by atoms with E-state index < -0.39 is 11.7 Å². The van der Waals surface area contributed by atoms with Crippen LogP contribution >= 0.6 is 0 Å². The molecule has 0 spiro atoms. The summed E-state index contributed by atoms with van der Waals surface area (Å²) in [5, 5.41) is 10.9. The average molecular weight is 261 g/mol. The highest BCUT2D eigenvalue weighted by Gasteiger charge is 2.16. The molecule has 2 N–H and O–H groups in total. The summed E-state index contributed by atoms with van der Waals surface area (Å²) in [5.74, 6) is 0. The van der Waals surface area contributed by atoms with Gasteiger partial charge in [-0.25, -0.2) is 4.79 Å². The molecule has 1 aromatic carbocycles. The number of carbonyl (C=O) groups excluding carboxylic acids is 1. The number of H-pyrrole nitrogens is 1. The van der Waals surface area contributed by atoms with Gasteiger partial charge in [-0.15, -0.1) is 0 Å². The molecule has 0 fully saturated rings. The van der Waals surface area contributed by atoms with Crippen molar-refractivity contribution in [3.05, 3.63) is 23.9 Å². The summed E-state index contributed by atoms with van der Waals surface area (Å²) in [5.41, 5.74) is 2.16. The van der Waals surface area contributed by atoms with E-state index in [9.17, 15) is 4.79 Å². The first kappa shape index (κ1) is 13.4. The number of ether oxygens (including phenoxy) is 1. The number of benzene rings is 1. The molecule has 1 amide bonds. The predicted molar refractivity (Wildman–Crippen MR) is 75.3 cm³/mol. The van der Waals surface area contributed by atoms with E-state index in [0.29, 0.717) is 5.69 Å². The average Bonchev–Trinajstić information content (AvgIpc) is 2.68. The smallest absolute Gasteiger partial charge is 0.412 e. The summed E-state index contributed by atoms with van der Waals surface area (Å²) < 4.78 is 5.22. The molecule has 5 nitrogen and oxygen atoms in total. The monoisotopic (exact) mass is 261 g/mol. The Labute approximate surface area is 112 Å². The Kier molecular flexibility index (Phi) is 3.46. The van der Waals surface area contributed by atoms with E-state index in [0.717, 1.165) is 23.0 Å². The fourth-order valence-corrected chi connectivity index (χ4v) is 1.83. The van der Waals surface area contributed by atoms with Crippen LogP contribution in [0.5, 0.6) is 0 Å². The van der Waals surface area contributed by atoms with Crippen LogP contribution in [0.3, 0.4) is 0 Å². The molecule has 0 bridgehead atoms. The van der Waals surface area contributed by atoms with Crippen molar-refractivity contribution in [2.45, 2.75) is 39.7 Å². The third kappa shape index (κ3) is 3.24. The standard InChI is InChI=1S/C14H19N3O2/c1-5-11-10-8-9(6-7-12(10)17-16-11)15-13(18)19-14(2,3)4/h6-8H,5H2,1-4H3,(H,15,18)(H,16,17). The summed E-state index contributed by atoms with van der Waals surface area (Å²) in [6, 6.07) is 5.59. The van der Waals surface area contributed by atoms with Gasteiger partial charge in [-0.05, 0) is 45.4 Å². The van der Waals surface area contributed by atoms with E-state index >= 15 is 0 Å². The third-order valence-electron chi connectivity index (χ3n) is 2.63. The van der Waals surface area contributed by atoms with Gasteiger partial charge in [-0.1, -0.05) is 6.92 Å². The quantitative estimate of drug-likeness (QED) is 0.869. The van der Waals surface area contributed by atoms with Gasteiger partial charge in [0.25, 0.3) is 0 Å². The van der Waals surface area contributed by atoms with Crippen molar-refractivity contribution in [2.75, 3.05) is 5.32 Å². The van der Waals surface area contributed by atoms with Crippen molar-refractivity contribution in [1.82, 2.24) is 10.2 Å². The maximum absolute atomic E-state index is 11.7. The van der Waals surface area contributed by atoms with Gasteiger partial charge in [0.2, 0.25) is 0 Å². The Morgan fingerprint density at radius 2 is 2.16 bits per heavy atom. The van der Waals surface area contributed by atoms with Crippen LogP contribution in [0.1, 0.15) is 33.4 Å². The number of carbonyl (C=O) groups is 1. The molecule has 0 aliphatic carbocycles. The summed E-state index contributed by atoms with van der Waals surface area (Å²) in [6.07, 6.45) is 0.417. The maximum atomic E-state index is 11.7. The van der Waals surface area contributed by atoms with Crippen molar-refractivity contribution in [3.8, 4) is 0 Å². The minimum Gasteiger partial charge on any atom is -0.444 e. The Morgan fingerprint density at radius 1 is 1.42 bits per heavy atom. The van der Waals surface area contributed by atoms with Crippen LogP contribution in [0.25, 0.3) is 10.9 Å². The van der Waals surface area contributed by atoms with Crippen molar-refractivity contribution in [2.24, 2.45) is 0 Å². The molecule has 0 unspecified atom stereocenters. The number of fused-ring (bicyclic) bond motifs is 1. The van der Waals surface area contributed by atoms with Gasteiger partial charge in [0.05, 0.1) is 5.52 Å². The van der Waals surface area contributed by atoms with E-state index in [1.165, 1.54) is 0 Å². The number of aromatic nitrogens is 2. The number of amides is 1. The fraction of sp³-hybridized carbons (Fsp3) is 0.429. The van der Waals surface area contributed by atoms with E-state index in [1.807, 2.05) is 39.0 Å². The van der Waals surface area contributed by atoms with E-state index in [-0.39, 0.29) is 0 Å². The molecule has 1 aromatic heterocycles. The highest BCUT2D eigenvalue weighted by molar-refractivity contribution is 5.91. The number of aromatic amines is 1. The van der Waals surface area contributed by atoms with Crippen LogP contribution in [0.4, 0.5) is 10.5 Å². The molecule has 0 radical (unpaired) electrons. The second-order valence-electron chi connectivity index (χ2n) is 5.41. The van der Waals surface area contributed by atoms with Crippen LogP contribution < -0.4 is 5.32 Å². The van der Waals surface area contributed by atoms with Gasteiger partial charge < -0.3 is 4.74 Å². The largest absolute Gasteiger partial charge is 0.444 e. The Bertz CT molecular complexity index is 596. The number of nitrogens with zero attached hydrogens (tertiary/aromatic N) is 1. The lowest BCUT2D eigenvalue weighted by atomic mass is 10.1. The molecule has 0 atom stereocenters. The molecule has 5 heteroatoms. The first-order valence-corrected chi connectivity index (χ1v) is 6.36. The fourth-order valence-electron chi connectivity index (χ4n) is 1.83. The number of aryl methyl sites for hydroxylation is 1. The molecule has 0 aliphatic heterocycles. The molecule has 102 valence electrons. The number of hydrogen-bond donors (Lipinski definition) is 2. The molecular weight excluding hydrogens is 242 g/mol. The van der Waals surface area contributed by atoms with Crippen LogP contribution in [0, 0.1) is 0 Å². The van der Waals surface area contributed by atoms with Gasteiger partial charge >= 0.3 is 6.09 Å². The Hall–Kier alpha value is -2.04. The first-order chi connectivity index (χ1) is 8.89. The summed E-state index contributed by atoms with van der Waals surface area (Å²) in [6.45, 7) is 7.56. The maximum Gasteiger partial charge on any atom is 0.412 e. The number of anilines is 1. The zero-order valence-corrected chi connectivity index (χ0v) is 11.7. The summed E-state index contributed by atoms with van der Waals surface area (Å²) in [4.78, 5) is 11.7. The minimum atomic E-state index is -0.502. The predicted octanol–water partition coefficient (Wildman–Crippen LogP) is 3.47. The van der Waals surface area contributed by atoms with Gasteiger partial charge in [-0.2, -0.15) is 5.10 Å². The topological polar surface area (TPSA) is 67.0 Å². The first-order valence-electron chi connectivity index (χ1n) is 6.36. The van der Waals surface area contributed by atoms with Gasteiger partial charge in [-0.3, -0.25) is 10.4 Å². The molecule has 0 aliphatic rings. The van der Waals surface area contributed by atoms with Gasteiger partial charge in [0, 0.05) is 16.8 Å². The second-order valence-corrected chi connectivity index (χ2v) is 5.41.